The molecule has 0 radical (unpaired) electrons. The van der Waals surface area contributed by atoms with Gasteiger partial charge in [0.2, 0.25) is 0 Å². The molecule has 1 atom stereocenters. The van der Waals surface area contributed by atoms with Gasteiger partial charge in [0.25, 0.3) is 0 Å². The summed E-state index contributed by atoms with van der Waals surface area (Å²) in [5, 5.41) is 13.4. The molecule has 0 aromatic heterocycles. The first kappa shape index (κ1) is 14.9. The van der Waals surface area contributed by atoms with E-state index in [0.717, 1.165) is 19.4 Å². The van der Waals surface area contributed by atoms with Gasteiger partial charge in [-0.3, -0.25) is 0 Å². The third kappa shape index (κ3) is 10.2. The summed E-state index contributed by atoms with van der Waals surface area (Å²) in [5.41, 5.74) is -0.274. The first-order chi connectivity index (χ1) is 6.62. The van der Waals surface area contributed by atoms with E-state index in [1.807, 2.05) is 6.92 Å². The summed E-state index contributed by atoms with van der Waals surface area (Å²) in [7, 11) is 0. The smallest absolute Gasteiger partial charge is 0.0743 e. The average Bonchev–Trinajstić information content (AvgIpc) is 1.98. The lowest BCUT2D eigenvalue weighted by atomic mass is 9.93. The van der Waals surface area contributed by atoms with E-state index in [0.29, 0.717) is 12.5 Å². The Hall–Kier alpha value is -0.0800. The van der Waals surface area contributed by atoms with E-state index in [1.54, 1.807) is 0 Å². The maximum atomic E-state index is 10.1. The van der Waals surface area contributed by atoms with Gasteiger partial charge in [0.15, 0.2) is 0 Å². The summed E-state index contributed by atoms with van der Waals surface area (Å²) in [6.45, 7) is 14.5. The summed E-state index contributed by atoms with van der Waals surface area (Å²) in [6.07, 6.45) is 1.96. The minimum Gasteiger partial charge on any atom is -0.389 e. The van der Waals surface area contributed by atoms with Crippen molar-refractivity contribution in [2.75, 3.05) is 13.1 Å². The Morgan fingerprint density at radius 3 is 2.00 bits per heavy atom. The number of hydrogen-bond donors (Lipinski definition) is 2. The Balaban J connectivity index is 3.74. The Morgan fingerprint density at radius 1 is 1.07 bits per heavy atom. The minimum absolute atomic E-state index is 0.286. The third-order valence-corrected chi connectivity index (χ3v) is 2.42. The molecule has 0 saturated heterocycles. The average molecular weight is 215 g/mol. The van der Waals surface area contributed by atoms with Gasteiger partial charge in [-0.15, -0.1) is 0 Å². The zero-order valence-corrected chi connectivity index (χ0v) is 11.4. The van der Waals surface area contributed by atoms with Gasteiger partial charge in [-0.25, -0.2) is 0 Å². The van der Waals surface area contributed by atoms with Crippen LogP contribution < -0.4 is 5.32 Å². The zero-order chi connectivity index (χ0) is 12.1. The lowest BCUT2D eigenvalue weighted by molar-refractivity contribution is 0.0435. The highest BCUT2D eigenvalue weighted by atomic mass is 16.3. The van der Waals surface area contributed by atoms with Crippen molar-refractivity contribution in [3.8, 4) is 0 Å². The third-order valence-electron chi connectivity index (χ3n) is 2.42. The van der Waals surface area contributed by atoms with Crippen LogP contribution in [-0.4, -0.2) is 23.8 Å². The molecule has 2 nitrogen and oxygen atoms in total. The second-order valence-corrected chi connectivity index (χ2v) is 6.59. The van der Waals surface area contributed by atoms with E-state index in [1.165, 1.54) is 0 Å². The van der Waals surface area contributed by atoms with Gasteiger partial charge in [0, 0.05) is 13.1 Å². The van der Waals surface area contributed by atoms with Gasteiger partial charge in [-0.2, -0.15) is 0 Å². The highest BCUT2D eigenvalue weighted by Crippen LogP contribution is 2.16. The van der Waals surface area contributed by atoms with Gasteiger partial charge in [-0.1, -0.05) is 34.6 Å². The van der Waals surface area contributed by atoms with Crippen molar-refractivity contribution < 1.29 is 5.11 Å². The van der Waals surface area contributed by atoms with Crippen LogP contribution in [0.2, 0.25) is 0 Å². The van der Waals surface area contributed by atoms with Crippen LogP contribution in [0.5, 0.6) is 0 Å². The predicted molar refractivity (Wildman–Crippen MR) is 67.0 cm³/mol. The van der Waals surface area contributed by atoms with E-state index < -0.39 is 5.60 Å². The quantitative estimate of drug-likeness (QED) is 0.714. The molecule has 2 heteroatoms. The maximum absolute atomic E-state index is 10.1. The zero-order valence-electron chi connectivity index (χ0n) is 11.4. The Kier molecular flexibility index (Phi) is 5.82. The second-order valence-electron chi connectivity index (χ2n) is 6.59. The molecule has 0 fully saturated rings. The summed E-state index contributed by atoms with van der Waals surface area (Å²) in [6, 6.07) is 0. The number of hydrogen-bond acceptors (Lipinski definition) is 2. The van der Waals surface area contributed by atoms with Gasteiger partial charge >= 0.3 is 0 Å². The molecule has 0 aliphatic heterocycles. The molecule has 1 unspecified atom stereocenters. The van der Waals surface area contributed by atoms with Crippen molar-refractivity contribution >= 4 is 0 Å². The van der Waals surface area contributed by atoms with Gasteiger partial charge in [-0.05, 0) is 31.1 Å². The fraction of sp³-hybridized carbons (Fsp3) is 1.00. The summed E-state index contributed by atoms with van der Waals surface area (Å²) in [5.74, 6) is 0.666. The molecular formula is C13H29NO. The summed E-state index contributed by atoms with van der Waals surface area (Å²) < 4.78 is 0. The van der Waals surface area contributed by atoms with Crippen LogP contribution in [0.4, 0.5) is 0 Å². The topological polar surface area (TPSA) is 32.3 Å². The van der Waals surface area contributed by atoms with E-state index in [9.17, 15) is 5.11 Å². The second kappa shape index (κ2) is 5.86. The van der Waals surface area contributed by atoms with Gasteiger partial charge in [0.1, 0.15) is 0 Å². The monoisotopic (exact) mass is 215 g/mol. The van der Waals surface area contributed by atoms with Crippen molar-refractivity contribution in [3.63, 3.8) is 0 Å². The first-order valence-corrected chi connectivity index (χ1v) is 6.05. The molecule has 15 heavy (non-hydrogen) atoms. The van der Waals surface area contributed by atoms with Crippen LogP contribution in [-0.2, 0) is 0 Å². The van der Waals surface area contributed by atoms with Crippen LogP contribution in [0.1, 0.15) is 54.4 Å². The van der Waals surface area contributed by atoms with Crippen molar-refractivity contribution in [1.82, 2.24) is 5.32 Å². The largest absolute Gasteiger partial charge is 0.389 e. The van der Waals surface area contributed by atoms with Crippen LogP contribution in [0.15, 0.2) is 0 Å². The van der Waals surface area contributed by atoms with Gasteiger partial charge in [0.05, 0.1) is 5.60 Å². The molecule has 0 rings (SSSR count). The standard InChI is InChI=1S/C13H29NO/c1-11(2)7-8-13(6,15)10-14-9-12(3,4)5/h11,14-15H,7-10H2,1-6H3. The molecule has 0 aliphatic rings. The molecule has 0 aromatic carbocycles. The number of aliphatic hydroxyl groups is 1. The van der Waals surface area contributed by atoms with E-state index in [2.05, 4.69) is 39.9 Å². The van der Waals surface area contributed by atoms with Crippen LogP contribution in [0.25, 0.3) is 0 Å². The van der Waals surface area contributed by atoms with E-state index >= 15 is 0 Å². The Morgan fingerprint density at radius 2 is 1.60 bits per heavy atom. The highest BCUT2D eigenvalue weighted by Gasteiger charge is 2.21. The minimum atomic E-state index is -0.560. The fourth-order valence-electron chi connectivity index (χ4n) is 1.39. The molecule has 0 aromatic rings. The molecular weight excluding hydrogens is 186 g/mol. The van der Waals surface area contributed by atoms with Crippen molar-refractivity contribution in [3.05, 3.63) is 0 Å². The number of rotatable bonds is 6. The molecule has 92 valence electrons. The maximum Gasteiger partial charge on any atom is 0.0743 e. The van der Waals surface area contributed by atoms with E-state index in [4.69, 9.17) is 0 Å². The molecule has 0 bridgehead atoms. The molecule has 0 amide bonds. The molecule has 0 spiro atoms. The number of nitrogens with one attached hydrogen (secondary N) is 1. The predicted octanol–water partition coefficient (Wildman–Crippen LogP) is 2.81. The molecule has 0 saturated carbocycles. The first-order valence-electron chi connectivity index (χ1n) is 6.05. The van der Waals surface area contributed by atoms with Crippen molar-refractivity contribution in [2.45, 2.75) is 60.0 Å². The summed E-state index contributed by atoms with van der Waals surface area (Å²) >= 11 is 0. The molecule has 0 aliphatic carbocycles. The lowest BCUT2D eigenvalue weighted by Crippen LogP contribution is -2.41. The molecule has 0 heterocycles. The van der Waals surface area contributed by atoms with Crippen molar-refractivity contribution in [2.24, 2.45) is 11.3 Å². The lowest BCUT2D eigenvalue weighted by Gasteiger charge is -2.27. The van der Waals surface area contributed by atoms with Crippen LogP contribution in [0.3, 0.4) is 0 Å². The Bertz CT molecular complexity index is 168. The Labute approximate surface area is 95.5 Å². The van der Waals surface area contributed by atoms with E-state index in [-0.39, 0.29) is 5.41 Å². The van der Waals surface area contributed by atoms with Crippen LogP contribution >= 0.6 is 0 Å². The van der Waals surface area contributed by atoms with Crippen molar-refractivity contribution in [1.29, 1.82) is 0 Å². The van der Waals surface area contributed by atoms with Crippen LogP contribution in [0, 0.1) is 11.3 Å². The fourth-order valence-corrected chi connectivity index (χ4v) is 1.39. The summed E-state index contributed by atoms with van der Waals surface area (Å²) in [4.78, 5) is 0. The highest BCUT2D eigenvalue weighted by molar-refractivity contribution is 4.77. The van der Waals surface area contributed by atoms with Gasteiger partial charge < -0.3 is 10.4 Å². The SMILES string of the molecule is CC(C)CCC(C)(O)CNCC(C)(C)C. The normalized spacial score (nSPS) is 16.8. The molecule has 2 N–H and O–H groups in total.